The van der Waals surface area contributed by atoms with Crippen molar-refractivity contribution < 1.29 is 13.9 Å². The van der Waals surface area contributed by atoms with Crippen molar-refractivity contribution in [3.8, 4) is 11.5 Å². The van der Waals surface area contributed by atoms with Gasteiger partial charge in [-0.3, -0.25) is 0 Å². The van der Waals surface area contributed by atoms with E-state index in [1.54, 1.807) is 20.5 Å². The SMILES string of the molecule is COc1cc(CNC2CCCc3occc32)cc(OC)c1. The molecule has 1 aromatic heterocycles. The lowest BCUT2D eigenvalue weighted by Crippen LogP contribution is -2.24. The molecule has 0 amide bonds. The van der Waals surface area contributed by atoms with Gasteiger partial charge in [0.25, 0.3) is 0 Å². The number of ether oxygens (including phenoxy) is 2. The summed E-state index contributed by atoms with van der Waals surface area (Å²) in [4.78, 5) is 0. The molecule has 1 unspecified atom stereocenters. The van der Waals surface area contributed by atoms with E-state index < -0.39 is 0 Å². The fourth-order valence-corrected chi connectivity index (χ4v) is 2.91. The van der Waals surface area contributed by atoms with Gasteiger partial charge in [0, 0.05) is 30.6 Å². The molecule has 0 spiro atoms. The van der Waals surface area contributed by atoms with Gasteiger partial charge in [-0.2, -0.15) is 0 Å². The zero-order valence-electron chi connectivity index (χ0n) is 12.5. The molecule has 4 heteroatoms. The lowest BCUT2D eigenvalue weighted by atomic mass is 9.93. The Kier molecular flexibility index (Phi) is 4.15. The predicted molar refractivity (Wildman–Crippen MR) is 80.8 cm³/mol. The van der Waals surface area contributed by atoms with Crippen LogP contribution in [0, 0.1) is 0 Å². The smallest absolute Gasteiger partial charge is 0.122 e. The fraction of sp³-hybridized carbons (Fsp3) is 0.412. The van der Waals surface area contributed by atoms with Crippen LogP contribution in [0.2, 0.25) is 0 Å². The second-order valence-corrected chi connectivity index (χ2v) is 5.35. The summed E-state index contributed by atoms with van der Waals surface area (Å²) in [5.41, 5.74) is 2.46. The van der Waals surface area contributed by atoms with Crippen molar-refractivity contribution in [3.63, 3.8) is 0 Å². The van der Waals surface area contributed by atoms with E-state index in [1.807, 2.05) is 18.2 Å². The maximum atomic E-state index is 5.53. The van der Waals surface area contributed by atoms with E-state index in [0.717, 1.165) is 42.2 Å². The molecular formula is C17H21NO3. The quantitative estimate of drug-likeness (QED) is 0.914. The van der Waals surface area contributed by atoms with Crippen LogP contribution in [0.15, 0.2) is 34.9 Å². The summed E-state index contributed by atoms with van der Waals surface area (Å²) in [6.45, 7) is 0.781. The Hall–Kier alpha value is -1.94. The van der Waals surface area contributed by atoms with Gasteiger partial charge in [0.05, 0.1) is 20.5 Å². The summed E-state index contributed by atoms with van der Waals surface area (Å²) in [6, 6.07) is 8.41. The van der Waals surface area contributed by atoms with Gasteiger partial charge in [0.1, 0.15) is 17.3 Å². The molecule has 0 radical (unpaired) electrons. The number of fused-ring (bicyclic) bond motifs is 1. The number of benzene rings is 1. The number of hydrogen-bond acceptors (Lipinski definition) is 4. The van der Waals surface area contributed by atoms with E-state index >= 15 is 0 Å². The summed E-state index contributed by atoms with van der Waals surface area (Å²) in [7, 11) is 3.34. The van der Waals surface area contributed by atoms with Crippen LogP contribution in [0.1, 0.15) is 35.8 Å². The van der Waals surface area contributed by atoms with Gasteiger partial charge in [-0.15, -0.1) is 0 Å². The van der Waals surface area contributed by atoms with Crippen LogP contribution in [0.4, 0.5) is 0 Å². The fourth-order valence-electron chi connectivity index (χ4n) is 2.91. The first-order chi connectivity index (χ1) is 10.3. The van der Waals surface area contributed by atoms with Crippen LogP contribution in [-0.4, -0.2) is 14.2 Å². The standard InChI is InChI=1S/C17H21NO3/c1-19-13-8-12(9-14(10-13)20-2)11-18-16-4-3-5-17-15(16)6-7-21-17/h6-10,16,18H,3-5,11H2,1-2H3. The molecule has 21 heavy (non-hydrogen) atoms. The third kappa shape index (κ3) is 3.05. The molecule has 0 bridgehead atoms. The molecule has 112 valence electrons. The number of nitrogens with one attached hydrogen (secondary N) is 1. The second-order valence-electron chi connectivity index (χ2n) is 5.35. The van der Waals surface area contributed by atoms with Gasteiger partial charge < -0.3 is 19.2 Å². The largest absolute Gasteiger partial charge is 0.497 e. The van der Waals surface area contributed by atoms with E-state index in [2.05, 4.69) is 11.4 Å². The number of methoxy groups -OCH3 is 2. The van der Waals surface area contributed by atoms with E-state index in [0.29, 0.717) is 6.04 Å². The maximum Gasteiger partial charge on any atom is 0.122 e. The van der Waals surface area contributed by atoms with Crippen LogP contribution in [0.5, 0.6) is 11.5 Å². The Morgan fingerprint density at radius 1 is 1.19 bits per heavy atom. The van der Waals surface area contributed by atoms with Gasteiger partial charge >= 0.3 is 0 Å². The highest BCUT2D eigenvalue weighted by atomic mass is 16.5. The van der Waals surface area contributed by atoms with Gasteiger partial charge in [-0.05, 0) is 36.6 Å². The van der Waals surface area contributed by atoms with Gasteiger partial charge in [0.15, 0.2) is 0 Å². The molecule has 0 saturated carbocycles. The lowest BCUT2D eigenvalue weighted by Gasteiger charge is -2.23. The first-order valence-electron chi connectivity index (χ1n) is 7.31. The predicted octanol–water partition coefficient (Wildman–Crippen LogP) is 3.46. The molecule has 1 aromatic carbocycles. The minimum absolute atomic E-state index is 0.365. The van der Waals surface area contributed by atoms with Crippen molar-refractivity contribution in [3.05, 3.63) is 47.4 Å². The third-order valence-electron chi connectivity index (χ3n) is 4.02. The van der Waals surface area contributed by atoms with Crippen LogP contribution in [0.3, 0.4) is 0 Å². The van der Waals surface area contributed by atoms with Crippen LogP contribution in [0.25, 0.3) is 0 Å². The molecular weight excluding hydrogens is 266 g/mol. The highest BCUT2D eigenvalue weighted by Gasteiger charge is 2.22. The van der Waals surface area contributed by atoms with E-state index in [1.165, 1.54) is 12.0 Å². The minimum Gasteiger partial charge on any atom is -0.497 e. The molecule has 1 heterocycles. The van der Waals surface area contributed by atoms with Gasteiger partial charge in [-0.25, -0.2) is 0 Å². The number of aryl methyl sites for hydroxylation is 1. The molecule has 1 N–H and O–H groups in total. The summed E-state index contributed by atoms with van der Waals surface area (Å²) in [5.74, 6) is 2.76. The molecule has 1 atom stereocenters. The van der Waals surface area contributed by atoms with Crippen LogP contribution in [-0.2, 0) is 13.0 Å². The Morgan fingerprint density at radius 2 is 1.95 bits per heavy atom. The number of rotatable bonds is 5. The average Bonchev–Trinajstić information content (AvgIpc) is 3.01. The normalized spacial score (nSPS) is 17.3. The minimum atomic E-state index is 0.365. The third-order valence-corrected chi connectivity index (χ3v) is 4.02. The Balaban J connectivity index is 1.71. The van der Waals surface area contributed by atoms with Gasteiger partial charge in [0.2, 0.25) is 0 Å². The Morgan fingerprint density at radius 3 is 2.67 bits per heavy atom. The molecule has 1 aliphatic carbocycles. The van der Waals surface area contributed by atoms with Gasteiger partial charge in [-0.1, -0.05) is 0 Å². The van der Waals surface area contributed by atoms with Crippen molar-refractivity contribution in [1.29, 1.82) is 0 Å². The lowest BCUT2D eigenvalue weighted by molar-refractivity contribution is 0.390. The topological polar surface area (TPSA) is 43.6 Å². The second kappa shape index (κ2) is 6.22. The highest BCUT2D eigenvalue weighted by molar-refractivity contribution is 5.38. The average molecular weight is 287 g/mol. The summed E-state index contributed by atoms with van der Waals surface area (Å²) in [6.07, 6.45) is 5.15. The highest BCUT2D eigenvalue weighted by Crippen LogP contribution is 2.31. The van der Waals surface area contributed by atoms with E-state index in [4.69, 9.17) is 13.9 Å². The van der Waals surface area contributed by atoms with Crippen molar-refractivity contribution in [2.45, 2.75) is 31.8 Å². The monoisotopic (exact) mass is 287 g/mol. The molecule has 0 fully saturated rings. The molecule has 3 rings (SSSR count). The zero-order valence-corrected chi connectivity index (χ0v) is 12.5. The Labute approximate surface area is 125 Å². The molecule has 0 saturated heterocycles. The zero-order chi connectivity index (χ0) is 14.7. The van der Waals surface area contributed by atoms with E-state index in [-0.39, 0.29) is 0 Å². The first-order valence-corrected chi connectivity index (χ1v) is 7.31. The number of furan rings is 1. The van der Waals surface area contributed by atoms with Crippen molar-refractivity contribution in [2.75, 3.05) is 14.2 Å². The maximum absolute atomic E-state index is 5.53. The first kappa shape index (κ1) is 14.0. The van der Waals surface area contributed by atoms with Crippen molar-refractivity contribution in [1.82, 2.24) is 5.32 Å². The summed E-state index contributed by atoms with van der Waals surface area (Å²) >= 11 is 0. The van der Waals surface area contributed by atoms with Crippen molar-refractivity contribution in [2.24, 2.45) is 0 Å². The van der Waals surface area contributed by atoms with Crippen LogP contribution < -0.4 is 14.8 Å². The van der Waals surface area contributed by atoms with Crippen molar-refractivity contribution >= 4 is 0 Å². The molecule has 1 aliphatic rings. The number of hydrogen-bond donors (Lipinski definition) is 1. The summed E-state index contributed by atoms with van der Waals surface area (Å²) in [5, 5.41) is 3.61. The molecule has 2 aromatic rings. The van der Waals surface area contributed by atoms with E-state index in [9.17, 15) is 0 Å². The summed E-state index contributed by atoms with van der Waals surface area (Å²) < 4.78 is 16.2. The molecule has 0 aliphatic heterocycles. The Bertz CT molecular complexity index is 584. The van der Waals surface area contributed by atoms with Crippen LogP contribution >= 0.6 is 0 Å². The molecule has 4 nitrogen and oxygen atoms in total.